The quantitative estimate of drug-likeness (QED) is 0.285. The molecule has 0 atom stereocenters. The van der Waals surface area contributed by atoms with Gasteiger partial charge in [-0.05, 0) is 35.5 Å². The Hall–Kier alpha value is -3.36. The average Bonchev–Trinajstić information content (AvgIpc) is 3.29. The zero-order valence-electron chi connectivity index (χ0n) is 15.3. The fourth-order valence-electron chi connectivity index (χ4n) is 2.92. The predicted molar refractivity (Wildman–Crippen MR) is 114 cm³/mol. The fraction of sp³-hybridized carbons (Fsp3) is 0.0476. The molecule has 7 nitrogen and oxygen atoms in total. The third-order valence-corrected chi connectivity index (χ3v) is 5.62. The number of hydrogen-bond donors (Lipinski definition) is 0. The highest BCUT2D eigenvalue weighted by atomic mass is 35.5. The third kappa shape index (κ3) is 4.00. The van der Waals surface area contributed by atoms with Gasteiger partial charge in [0.2, 0.25) is 0 Å². The van der Waals surface area contributed by atoms with Crippen molar-refractivity contribution in [3.63, 3.8) is 0 Å². The summed E-state index contributed by atoms with van der Waals surface area (Å²) >= 11 is 6.98. The van der Waals surface area contributed by atoms with Gasteiger partial charge in [-0.25, -0.2) is 0 Å². The van der Waals surface area contributed by atoms with Gasteiger partial charge in [0.15, 0.2) is 0 Å². The summed E-state index contributed by atoms with van der Waals surface area (Å²) in [6.45, 7) is 0.190. The highest BCUT2D eigenvalue weighted by Gasteiger charge is 2.35. The van der Waals surface area contributed by atoms with Crippen LogP contribution in [0, 0.1) is 10.1 Å². The molecule has 0 aliphatic carbocycles. The van der Waals surface area contributed by atoms with Crippen LogP contribution in [0.15, 0.2) is 70.0 Å². The summed E-state index contributed by atoms with van der Waals surface area (Å²) < 4.78 is 5.71. The van der Waals surface area contributed by atoms with Crippen LogP contribution < -0.4 is 0 Å². The van der Waals surface area contributed by atoms with E-state index in [1.807, 2.05) is 30.3 Å². The summed E-state index contributed by atoms with van der Waals surface area (Å²) in [5.74, 6) is 0.247. The molecule has 0 spiro atoms. The first kappa shape index (κ1) is 19.9. The number of furan rings is 1. The minimum atomic E-state index is -0.521. The van der Waals surface area contributed by atoms with Crippen molar-refractivity contribution in [3.05, 3.63) is 92.0 Å². The highest BCUT2D eigenvalue weighted by molar-refractivity contribution is 8.18. The van der Waals surface area contributed by atoms with Crippen LogP contribution in [0.3, 0.4) is 0 Å². The van der Waals surface area contributed by atoms with Gasteiger partial charge >= 0.3 is 0 Å². The molecule has 0 unspecified atom stereocenters. The predicted octanol–water partition coefficient (Wildman–Crippen LogP) is 5.74. The number of carbonyl (C=O) groups excluding carboxylic acids is 2. The lowest BCUT2D eigenvalue weighted by Crippen LogP contribution is -2.27. The Balaban J connectivity index is 1.57. The van der Waals surface area contributed by atoms with Gasteiger partial charge in [0, 0.05) is 23.8 Å². The maximum absolute atomic E-state index is 12.7. The molecular weight excluding hydrogens is 428 g/mol. The monoisotopic (exact) mass is 440 g/mol. The Morgan fingerprint density at radius 2 is 1.87 bits per heavy atom. The molecule has 1 fully saturated rings. The van der Waals surface area contributed by atoms with Gasteiger partial charge in [-0.3, -0.25) is 24.6 Å². The number of amides is 2. The lowest BCUT2D eigenvalue weighted by atomic mass is 10.1. The molecule has 2 heterocycles. The van der Waals surface area contributed by atoms with Gasteiger partial charge in [-0.15, -0.1) is 0 Å². The average molecular weight is 441 g/mol. The lowest BCUT2D eigenvalue weighted by molar-refractivity contribution is -0.384. The van der Waals surface area contributed by atoms with E-state index in [1.54, 1.807) is 12.1 Å². The number of carbonyl (C=O) groups is 2. The highest BCUT2D eigenvalue weighted by Crippen LogP contribution is 2.36. The number of hydrogen-bond acceptors (Lipinski definition) is 6. The molecule has 0 bridgehead atoms. The van der Waals surface area contributed by atoms with Crippen molar-refractivity contribution in [2.24, 2.45) is 0 Å². The van der Waals surface area contributed by atoms with Crippen LogP contribution in [-0.2, 0) is 11.3 Å². The molecule has 1 aromatic heterocycles. The van der Waals surface area contributed by atoms with Gasteiger partial charge in [0.25, 0.3) is 16.8 Å². The number of imide groups is 1. The van der Waals surface area contributed by atoms with Crippen molar-refractivity contribution in [2.75, 3.05) is 0 Å². The van der Waals surface area contributed by atoms with E-state index in [9.17, 15) is 19.7 Å². The number of nitro benzene ring substituents is 1. The van der Waals surface area contributed by atoms with Crippen molar-refractivity contribution < 1.29 is 18.9 Å². The van der Waals surface area contributed by atoms with Crippen LogP contribution in [0.4, 0.5) is 10.5 Å². The molecule has 150 valence electrons. The zero-order valence-corrected chi connectivity index (χ0v) is 16.9. The summed E-state index contributed by atoms with van der Waals surface area (Å²) in [7, 11) is 0. The standard InChI is InChI=1S/C21H13ClN2O5S/c22-17-8-6-14(24(27)28)10-16(17)18-9-7-15(29-18)11-19-20(25)23(21(26)30-19)12-13-4-2-1-3-5-13/h1-11H,12H2/b19-11+. The number of non-ortho nitro benzene ring substituents is 1. The van der Waals surface area contributed by atoms with Crippen LogP contribution in [0.5, 0.6) is 0 Å². The Morgan fingerprint density at radius 1 is 1.10 bits per heavy atom. The molecule has 0 saturated carbocycles. The topological polar surface area (TPSA) is 93.7 Å². The summed E-state index contributed by atoms with van der Waals surface area (Å²) in [5.41, 5.74) is 1.10. The number of rotatable bonds is 5. The Morgan fingerprint density at radius 3 is 2.60 bits per heavy atom. The second kappa shape index (κ2) is 8.17. The van der Waals surface area contributed by atoms with Crippen molar-refractivity contribution >= 4 is 46.3 Å². The summed E-state index contributed by atoms with van der Waals surface area (Å²) in [5, 5.41) is 10.9. The number of halogens is 1. The van der Waals surface area contributed by atoms with Crippen LogP contribution >= 0.6 is 23.4 Å². The molecular formula is C21H13ClN2O5S. The second-order valence-electron chi connectivity index (χ2n) is 6.38. The molecule has 3 aromatic rings. The number of benzene rings is 2. The van der Waals surface area contributed by atoms with E-state index in [0.29, 0.717) is 22.1 Å². The molecule has 1 aliphatic heterocycles. The van der Waals surface area contributed by atoms with E-state index in [1.165, 1.54) is 29.2 Å². The van der Waals surface area contributed by atoms with Crippen molar-refractivity contribution in [3.8, 4) is 11.3 Å². The van der Waals surface area contributed by atoms with E-state index >= 15 is 0 Å². The van der Waals surface area contributed by atoms with Crippen molar-refractivity contribution in [2.45, 2.75) is 6.54 Å². The number of nitrogens with zero attached hydrogens (tertiary/aromatic N) is 2. The lowest BCUT2D eigenvalue weighted by Gasteiger charge is -2.11. The smallest absolute Gasteiger partial charge is 0.293 e. The minimum absolute atomic E-state index is 0.116. The molecule has 2 amide bonds. The SMILES string of the molecule is O=C1S/C(=C/c2ccc(-c3cc([N+](=O)[O-])ccc3Cl)o2)C(=O)N1Cc1ccccc1. The van der Waals surface area contributed by atoms with Crippen molar-refractivity contribution in [1.29, 1.82) is 0 Å². The molecule has 0 N–H and O–H groups in total. The van der Waals surface area contributed by atoms with E-state index in [2.05, 4.69) is 0 Å². The summed E-state index contributed by atoms with van der Waals surface area (Å²) in [6, 6.07) is 16.5. The van der Waals surface area contributed by atoms with Gasteiger partial charge in [0.1, 0.15) is 11.5 Å². The second-order valence-corrected chi connectivity index (χ2v) is 7.78. The molecule has 0 radical (unpaired) electrons. The van der Waals surface area contributed by atoms with E-state index in [0.717, 1.165) is 17.3 Å². The number of thioether (sulfide) groups is 1. The van der Waals surface area contributed by atoms with Gasteiger partial charge in [-0.2, -0.15) is 0 Å². The fourth-order valence-corrected chi connectivity index (χ4v) is 3.95. The first-order valence-electron chi connectivity index (χ1n) is 8.76. The van der Waals surface area contributed by atoms with E-state index < -0.39 is 10.8 Å². The normalized spacial score (nSPS) is 15.2. The summed E-state index contributed by atoms with van der Waals surface area (Å²) in [4.78, 5) is 36.8. The largest absolute Gasteiger partial charge is 0.457 e. The molecule has 4 rings (SSSR count). The van der Waals surface area contributed by atoms with E-state index in [4.69, 9.17) is 16.0 Å². The molecule has 30 heavy (non-hydrogen) atoms. The number of nitro groups is 1. The Labute approximate surface area is 180 Å². The minimum Gasteiger partial charge on any atom is -0.457 e. The first-order chi connectivity index (χ1) is 14.4. The maximum Gasteiger partial charge on any atom is 0.293 e. The third-order valence-electron chi connectivity index (χ3n) is 4.38. The van der Waals surface area contributed by atoms with Crippen LogP contribution in [0.25, 0.3) is 17.4 Å². The van der Waals surface area contributed by atoms with Crippen LogP contribution in [0.1, 0.15) is 11.3 Å². The summed E-state index contributed by atoms with van der Waals surface area (Å²) in [6.07, 6.45) is 1.48. The molecule has 1 aliphatic rings. The molecule has 9 heteroatoms. The zero-order chi connectivity index (χ0) is 21.3. The first-order valence-corrected chi connectivity index (χ1v) is 9.95. The van der Waals surface area contributed by atoms with Gasteiger partial charge < -0.3 is 4.42 Å². The van der Waals surface area contributed by atoms with E-state index in [-0.39, 0.29) is 22.4 Å². The van der Waals surface area contributed by atoms with Crippen molar-refractivity contribution in [1.82, 2.24) is 4.90 Å². The molecule has 2 aromatic carbocycles. The Kier molecular flexibility index (Phi) is 5.43. The van der Waals surface area contributed by atoms with Gasteiger partial charge in [-0.1, -0.05) is 41.9 Å². The maximum atomic E-state index is 12.7. The van der Waals surface area contributed by atoms with Crippen LogP contribution in [0.2, 0.25) is 5.02 Å². The van der Waals surface area contributed by atoms with Crippen LogP contribution in [-0.4, -0.2) is 21.0 Å². The van der Waals surface area contributed by atoms with Gasteiger partial charge in [0.05, 0.1) is 21.4 Å². The molecule has 1 saturated heterocycles. The Bertz CT molecular complexity index is 1190.